The number of hydrogen-bond acceptors (Lipinski definition) is 5. The molecule has 1 heterocycles. The van der Waals surface area contributed by atoms with Gasteiger partial charge in [0.05, 0.1) is 20.3 Å². The van der Waals surface area contributed by atoms with E-state index in [0.29, 0.717) is 19.4 Å². The zero-order valence-electron chi connectivity index (χ0n) is 19.5. The molecule has 0 N–H and O–H groups in total. The van der Waals surface area contributed by atoms with E-state index in [9.17, 15) is 9.59 Å². The maximum Gasteiger partial charge on any atom is 0.320 e. The summed E-state index contributed by atoms with van der Waals surface area (Å²) in [6.45, 7) is 6.68. The fourth-order valence-electron chi connectivity index (χ4n) is 4.06. The summed E-state index contributed by atoms with van der Waals surface area (Å²) in [5.41, 5.74) is 4.43. The van der Waals surface area contributed by atoms with Crippen molar-refractivity contribution in [3.05, 3.63) is 63.8 Å². The molecule has 3 rings (SSSR count). The predicted octanol–water partition coefficient (Wildman–Crippen LogP) is 5.44. The second-order valence-electron chi connectivity index (χ2n) is 7.76. The third-order valence-electron chi connectivity index (χ3n) is 5.74. The average molecular weight is 516 g/mol. The summed E-state index contributed by atoms with van der Waals surface area (Å²) in [7, 11) is 1.64. The molecule has 0 aliphatic rings. The van der Waals surface area contributed by atoms with Gasteiger partial charge in [-0.15, -0.1) is 0 Å². The highest BCUT2D eigenvalue weighted by molar-refractivity contribution is 9.10. The number of fused-ring (bicyclic) bond motifs is 1. The smallest absolute Gasteiger partial charge is 0.320 e. The largest absolute Gasteiger partial charge is 0.497 e. The Labute approximate surface area is 202 Å². The van der Waals surface area contributed by atoms with E-state index in [4.69, 9.17) is 14.2 Å². The first kappa shape index (κ1) is 24.8. The molecule has 6 nitrogen and oxygen atoms in total. The normalized spacial score (nSPS) is 11.1. The van der Waals surface area contributed by atoms with Crippen molar-refractivity contribution in [1.29, 1.82) is 0 Å². The molecule has 0 bridgehead atoms. The highest BCUT2D eigenvalue weighted by Gasteiger charge is 2.30. The summed E-state index contributed by atoms with van der Waals surface area (Å²) in [5, 5.41) is 1.05. The summed E-state index contributed by atoms with van der Waals surface area (Å²) < 4.78 is 19.0. The number of halogens is 1. The highest BCUT2D eigenvalue weighted by Crippen LogP contribution is 2.32. The van der Waals surface area contributed by atoms with Crippen LogP contribution in [-0.4, -0.2) is 36.8 Å². The van der Waals surface area contributed by atoms with E-state index in [1.165, 1.54) is 5.56 Å². The topological polar surface area (TPSA) is 66.8 Å². The number of hydrogen-bond donors (Lipinski definition) is 0. The van der Waals surface area contributed by atoms with Crippen LogP contribution in [0, 0.1) is 12.8 Å². The first-order valence-corrected chi connectivity index (χ1v) is 11.9. The van der Waals surface area contributed by atoms with E-state index < -0.39 is 17.9 Å². The molecule has 0 aliphatic heterocycles. The lowest BCUT2D eigenvalue weighted by molar-refractivity contribution is -0.161. The van der Waals surface area contributed by atoms with Gasteiger partial charge in [0.25, 0.3) is 0 Å². The molecule has 176 valence electrons. The second-order valence-corrected chi connectivity index (χ2v) is 8.67. The van der Waals surface area contributed by atoms with E-state index >= 15 is 0 Å². The van der Waals surface area contributed by atoms with Crippen LogP contribution in [0.5, 0.6) is 5.75 Å². The lowest BCUT2D eigenvalue weighted by atomic mass is 9.97. The van der Waals surface area contributed by atoms with Gasteiger partial charge < -0.3 is 18.8 Å². The molecule has 0 fully saturated rings. The van der Waals surface area contributed by atoms with E-state index in [2.05, 4.69) is 45.6 Å². The van der Waals surface area contributed by atoms with Crippen molar-refractivity contribution in [1.82, 2.24) is 4.57 Å². The molecule has 0 atom stereocenters. The Morgan fingerprint density at radius 3 is 2.21 bits per heavy atom. The first-order chi connectivity index (χ1) is 15.9. The number of methoxy groups -OCH3 is 1. The lowest BCUT2D eigenvalue weighted by Crippen LogP contribution is -2.28. The number of carbonyl (C=O) groups is 2. The fourth-order valence-corrected chi connectivity index (χ4v) is 4.32. The molecular weight excluding hydrogens is 486 g/mol. The Balaban J connectivity index is 1.98. The number of carbonyl (C=O) groups excluding carboxylic acids is 2. The molecule has 2 aromatic carbocycles. The van der Waals surface area contributed by atoms with Gasteiger partial charge in [0.2, 0.25) is 0 Å². The maximum absolute atomic E-state index is 12.5. The van der Waals surface area contributed by atoms with Gasteiger partial charge in [0.1, 0.15) is 5.75 Å². The van der Waals surface area contributed by atoms with Crippen LogP contribution >= 0.6 is 15.9 Å². The minimum atomic E-state index is -0.945. The van der Waals surface area contributed by atoms with Gasteiger partial charge in [-0.2, -0.15) is 0 Å². The van der Waals surface area contributed by atoms with Crippen LogP contribution in [-0.2, 0) is 32.0 Å². The van der Waals surface area contributed by atoms with Crippen LogP contribution in [0.1, 0.15) is 37.1 Å². The molecule has 0 spiro atoms. The van der Waals surface area contributed by atoms with Crippen molar-refractivity contribution in [2.45, 2.75) is 40.2 Å². The minimum Gasteiger partial charge on any atom is -0.497 e. The molecule has 0 amide bonds. The Morgan fingerprint density at radius 2 is 1.64 bits per heavy atom. The molecule has 7 heteroatoms. The molecule has 0 radical (unpaired) electrons. The van der Waals surface area contributed by atoms with Crippen molar-refractivity contribution in [2.75, 3.05) is 20.3 Å². The van der Waals surface area contributed by atoms with E-state index in [1.54, 1.807) is 21.0 Å². The number of ether oxygens (including phenoxy) is 3. The van der Waals surface area contributed by atoms with Gasteiger partial charge in [-0.05, 0) is 75.1 Å². The van der Waals surface area contributed by atoms with Crippen LogP contribution in [0.25, 0.3) is 10.9 Å². The molecular formula is C26H30BrNO5. The van der Waals surface area contributed by atoms with Crippen molar-refractivity contribution >= 4 is 38.8 Å². The summed E-state index contributed by atoms with van der Waals surface area (Å²) >= 11 is 3.49. The first-order valence-electron chi connectivity index (χ1n) is 11.1. The zero-order chi connectivity index (χ0) is 24.0. The fraction of sp³-hybridized carbons (Fsp3) is 0.385. The van der Waals surface area contributed by atoms with Crippen LogP contribution in [0.15, 0.2) is 46.9 Å². The number of aromatic nitrogens is 1. The molecule has 0 saturated heterocycles. The third-order valence-corrected chi connectivity index (χ3v) is 6.27. The summed E-state index contributed by atoms with van der Waals surface area (Å²) in [6.07, 6.45) is 0.845. The summed E-state index contributed by atoms with van der Waals surface area (Å²) in [6, 6.07) is 14.3. The van der Waals surface area contributed by atoms with E-state index in [-0.39, 0.29) is 13.2 Å². The molecule has 1 aromatic heterocycles. The number of aryl methyl sites for hydroxylation is 1. The van der Waals surface area contributed by atoms with Gasteiger partial charge in [0, 0.05) is 27.6 Å². The van der Waals surface area contributed by atoms with E-state index in [1.807, 2.05) is 24.3 Å². The minimum absolute atomic E-state index is 0.220. The Morgan fingerprint density at radius 1 is 1.00 bits per heavy atom. The van der Waals surface area contributed by atoms with Crippen LogP contribution in [0.3, 0.4) is 0 Å². The van der Waals surface area contributed by atoms with Crippen LogP contribution < -0.4 is 4.74 Å². The standard InChI is InChI=1S/C26H30BrNO5/c1-5-32-25(29)22(26(30)33-6-2)13-12-21-17(3)28(16-18-7-9-19(27)10-8-18)24-14-11-20(31-4)15-23(21)24/h7-11,14-15,22H,5-6,12-13,16H2,1-4H3. The van der Waals surface area contributed by atoms with Crippen molar-refractivity contribution in [2.24, 2.45) is 5.92 Å². The number of nitrogens with zero attached hydrogens (tertiary/aromatic N) is 1. The Bertz CT molecular complexity index is 1100. The highest BCUT2D eigenvalue weighted by atomic mass is 79.9. The molecule has 0 aliphatic carbocycles. The van der Waals surface area contributed by atoms with Crippen LogP contribution in [0.2, 0.25) is 0 Å². The maximum atomic E-state index is 12.5. The monoisotopic (exact) mass is 515 g/mol. The van der Waals surface area contributed by atoms with Crippen LogP contribution in [0.4, 0.5) is 0 Å². The third kappa shape index (κ3) is 5.77. The lowest BCUT2D eigenvalue weighted by Gasteiger charge is -2.14. The molecule has 33 heavy (non-hydrogen) atoms. The van der Waals surface area contributed by atoms with Gasteiger partial charge in [0.15, 0.2) is 5.92 Å². The predicted molar refractivity (Wildman–Crippen MR) is 132 cm³/mol. The Kier molecular flexibility index (Phi) is 8.55. The van der Waals surface area contributed by atoms with Gasteiger partial charge in [-0.25, -0.2) is 0 Å². The SMILES string of the molecule is CCOC(=O)C(CCc1c(C)n(Cc2ccc(Br)cc2)c2ccc(OC)cc12)C(=O)OCC. The van der Waals surface area contributed by atoms with Gasteiger partial charge in [-0.3, -0.25) is 9.59 Å². The molecule has 3 aromatic rings. The Hall–Kier alpha value is -2.80. The second kappa shape index (κ2) is 11.4. The van der Waals surface area contributed by atoms with Gasteiger partial charge >= 0.3 is 11.9 Å². The van der Waals surface area contributed by atoms with Gasteiger partial charge in [-0.1, -0.05) is 28.1 Å². The van der Waals surface area contributed by atoms with E-state index in [0.717, 1.165) is 32.4 Å². The number of rotatable bonds is 10. The molecule has 0 unspecified atom stereocenters. The van der Waals surface area contributed by atoms with Crippen molar-refractivity contribution in [3.63, 3.8) is 0 Å². The zero-order valence-corrected chi connectivity index (χ0v) is 21.1. The number of esters is 2. The quantitative estimate of drug-likeness (QED) is 0.265. The van der Waals surface area contributed by atoms with Crippen molar-refractivity contribution in [3.8, 4) is 5.75 Å². The van der Waals surface area contributed by atoms with Crippen molar-refractivity contribution < 1.29 is 23.8 Å². The number of benzene rings is 2. The summed E-state index contributed by atoms with van der Waals surface area (Å²) in [5.74, 6) is -1.26. The summed E-state index contributed by atoms with van der Waals surface area (Å²) in [4.78, 5) is 24.9. The average Bonchev–Trinajstić information content (AvgIpc) is 3.06. The molecule has 0 saturated carbocycles.